The molecule has 0 aromatic rings. The van der Waals surface area contributed by atoms with Crippen LogP contribution in [0, 0.1) is 0 Å². The first-order valence-electron chi connectivity index (χ1n) is 7.33. The summed E-state index contributed by atoms with van der Waals surface area (Å²) in [4.78, 5) is 18.8. The molecule has 7 nitrogen and oxygen atoms in total. The average molecular weight is 405 g/mol. The number of hydrogen-bond donors (Lipinski definition) is 2. The smallest absolute Gasteiger partial charge is 0.329 e. The van der Waals surface area contributed by atoms with Crippen molar-refractivity contribution in [3.63, 3.8) is 0 Å². The molecule has 1 fully saturated rings. The molecule has 12 heteroatoms. The van der Waals surface area contributed by atoms with Crippen LogP contribution in [0.25, 0.3) is 0 Å². The largest absolute Gasteiger partial charge is 0.416 e. The van der Waals surface area contributed by atoms with Gasteiger partial charge in [-0.3, -0.25) is 4.57 Å². The predicted octanol–water partition coefficient (Wildman–Crippen LogP) is 2.74. The Morgan fingerprint density at radius 1 is 0.864 bits per heavy atom. The van der Waals surface area contributed by atoms with E-state index in [1.54, 1.807) is 6.55 Å². The fourth-order valence-corrected chi connectivity index (χ4v) is 27.7. The molecule has 22 heavy (non-hydrogen) atoms. The number of hydrogen-bond acceptors (Lipinski definition) is 5. The first-order valence-corrected chi connectivity index (χ1v) is 19.7. The van der Waals surface area contributed by atoms with E-state index >= 15 is 0 Å². The predicted molar refractivity (Wildman–Crippen MR) is 94.5 cm³/mol. The van der Waals surface area contributed by atoms with Crippen molar-refractivity contribution in [1.29, 1.82) is 0 Å². The van der Waals surface area contributed by atoms with Crippen molar-refractivity contribution in [2.75, 3.05) is 5.79 Å². The second kappa shape index (κ2) is 6.30. The molecule has 0 bridgehead atoms. The van der Waals surface area contributed by atoms with Gasteiger partial charge in [0.15, 0.2) is 0 Å². The molecule has 1 rings (SSSR count). The molecule has 0 aromatic heterocycles. The van der Waals surface area contributed by atoms with Gasteiger partial charge in [0.2, 0.25) is 0 Å². The van der Waals surface area contributed by atoms with Gasteiger partial charge in [-0.2, -0.15) is 0 Å². The Morgan fingerprint density at radius 3 is 1.73 bits per heavy atom. The van der Waals surface area contributed by atoms with Gasteiger partial charge >= 0.3 is 41.8 Å². The maximum Gasteiger partial charge on any atom is 0.329 e. The molecular weight excluding hydrogens is 375 g/mol. The van der Waals surface area contributed by atoms with E-state index in [9.17, 15) is 14.4 Å². The Labute approximate surface area is 137 Å². The summed E-state index contributed by atoms with van der Waals surface area (Å²) in [7, 11) is -15.1. The minimum absolute atomic E-state index is 0.123. The molecule has 1 saturated heterocycles. The van der Waals surface area contributed by atoms with Crippen LogP contribution in [0.2, 0.25) is 44.8 Å². The fourth-order valence-electron chi connectivity index (χ4n) is 2.79. The van der Waals surface area contributed by atoms with Crippen molar-refractivity contribution in [3.05, 3.63) is 0 Å². The molecule has 0 aliphatic carbocycles. The van der Waals surface area contributed by atoms with Gasteiger partial charge in [0, 0.05) is 0 Å². The molecule has 2 atom stereocenters. The summed E-state index contributed by atoms with van der Waals surface area (Å²) in [5, 5.41) is 0. The molecule has 0 amide bonds. The number of rotatable bonds is 3. The summed E-state index contributed by atoms with van der Waals surface area (Å²) in [6.07, 6.45) is 0. The van der Waals surface area contributed by atoms with E-state index in [0.717, 1.165) is 0 Å². The maximum absolute atomic E-state index is 11.5. The molecule has 1 heterocycles. The summed E-state index contributed by atoms with van der Waals surface area (Å²) in [6.45, 7) is 15.3. The molecule has 0 aromatic carbocycles. The summed E-state index contributed by atoms with van der Waals surface area (Å²) in [5.74, 6) is -0.375. The highest BCUT2D eigenvalue weighted by molar-refractivity contribution is 7.54. The highest BCUT2D eigenvalue weighted by Crippen LogP contribution is 2.43. The Kier molecular flexibility index (Phi) is 5.98. The van der Waals surface area contributed by atoms with Crippen LogP contribution in [-0.2, 0) is 21.0 Å². The van der Waals surface area contributed by atoms with Crippen molar-refractivity contribution in [3.8, 4) is 0 Å². The Hall–Kier alpha value is 0.858. The minimum atomic E-state index is -4.25. The van der Waals surface area contributed by atoms with Gasteiger partial charge in [-0.15, -0.1) is 0 Å². The zero-order valence-electron chi connectivity index (χ0n) is 14.7. The van der Waals surface area contributed by atoms with Crippen molar-refractivity contribution < 1.29 is 30.8 Å². The molecule has 1 aliphatic heterocycles. The van der Waals surface area contributed by atoms with Gasteiger partial charge in [0.25, 0.3) is 0 Å². The van der Waals surface area contributed by atoms with E-state index in [1.807, 2.05) is 46.6 Å². The minimum Gasteiger partial charge on any atom is -0.416 e. The van der Waals surface area contributed by atoms with Crippen molar-refractivity contribution in [2.45, 2.75) is 58.7 Å². The van der Waals surface area contributed by atoms with Crippen LogP contribution in [0.4, 0.5) is 0 Å². The van der Waals surface area contributed by atoms with E-state index in [-0.39, 0.29) is 11.3 Å². The third-order valence-electron chi connectivity index (χ3n) is 3.36. The highest BCUT2D eigenvalue weighted by atomic mass is 31.2. The van der Waals surface area contributed by atoms with Gasteiger partial charge in [-0.05, 0) is 44.8 Å². The van der Waals surface area contributed by atoms with Gasteiger partial charge in [-0.1, -0.05) is 13.8 Å². The van der Waals surface area contributed by atoms with Crippen LogP contribution in [-0.4, -0.2) is 49.8 Å². The van der Waals surface area contributed by atoms with Crippen molar-refractivity contribution in [1.82, 2.24) is 0 Å². The monoisotopic (exact) mass is 404 g/mol. The normalized spacial score (nSPS) is 36.0. The van der Waals surface area contributed by atoms with E-state index in [0.29, 0.717) is 0 Å². The first-order chi connectivity index (χ1) is 9.48. The second-order valence-corrected chi connectivity index (χ2v) is 24.2. The third-order valence-corrected chi connectivity index (χ3v) is 24.0. The lowest BCUT2D eigenvalue weighted by Gasteiger charge is -2.49. The zero-order valence-corrected chi connectivity index (χ0v) is 19.6. The summed E-state index contributed by atoms with van der Waals surface area (Å²) in [6, 6.07) is 0. The van der Waals surface area contributed by atoms with Gasteiger partial charge < -0.3 is 26.2 Å². The molecule has 0 spiro atoms. The molecular formula is C10H29O7PSi4. The lowest BCUT2D eigenvalue weighted by molar-refractivity contribution is 0.227. The van der Waals surface area contributed by atoms with E-state index in [2.05, 4.69) is 0 Å². The van der Waals surface area contributed by atoms with Crippen molar-refractivity contribution in [2.24, 2.45) is 0 Å². The summed E-state index contributed by atoms with van der Waals surface area (Å²) in [5.41, 5.74) is 0.123. The lowest BCUT2D eigenvalue weighted by Crippen LogP contribution is -2.67. The van der Waals surface area contributed by atoms with Crippen LogP contribution in [0.15, 0.2) is 0 Å². The van der Waals surface area contributed by atoms with E-state index in [4.69, 9.17) is 16.5 Å². The van der Waals surface area contributed by atoms with Crippen LogP contribution in [0.3, 0.4) is 0 Å². The van der Waals surface area contributed by atoms with Gasteiger partial charge in [0.1, 0.15) is 0 Å². The molecule has 0 saturated carbocycles. The van der Waals surface area contributed by atoms with Crippen molar-refractivity contribution >= 4 is 41.8 Å². The molecule has 1 aliphatic rings. The summed E-state index contributed by atoms with van der Waals surface area (Å²) < 4.78 is 36.5. The molecule has 2 N–H and O–H groups in total. The second-order valence-electron chi connectivity index (χ2n) is 7.34. The van der Waals surface area contributed by atoms with Crippen LogP contribution < -0.4 is 0 Å². The van der Waals surface area contributed by atoms with Crippen LogP contribution in [0.1, 0.15) is 13.8 Å². The Balaban J connectivity index is 3.26. The summed E-state index contributed by atoms with van der Waals surface area (Å²) >= 11 is 0. The highest BCUT2D eigenvalue weighted by Gasteiger charge is 2.56. The third kappa shape index (κ3) is 6.05. The zero-order chi connectivity index (χ0) is 17.6. The Morgan fingerprint density at radius 2 is 1.32 bits per heavy atom. The maximum atomic E-state index is 11.5. The first kappa shape index (κ1) is 20.9. The van der Waals surface area contributed by atoms with Crippen LogP contribution >= 0.6 is 7.60 Å². The fraction of sp³-hybridized carbons (Fsp3) is 1.00. The van der Waals surface area contributed by atoms with E-state index < -0.39 is 41.8 Å². The van der Waals surface area contributed by atoms with Gasteiger partial charge in [-0.25, -0.2) is 0 Å². The van der Waals surface area contributed by atoms with Gasteiger partial charge in [0.05, 0.1) is 5.79 Å². The Bertz CT molecular complexity index is 468. The molecule has 0 radical (unpaired) electrons. The van der Waals surface area contributed by atoms with Crippen LogP contribution in [0.5, 0.6) is 0 Å². The average Bonchev–Trinajstić information content (AvgIpc) is 2.04. The molecule has 132 valence electrons. The quantitative estimate of drug-likeness (QED) is 0.551. The topological polar surface area (TPSA) is 94.5 Å². The van der Waals surface area contributed by atoms with E-state index in [1.165, 1.54) is 0 Å². The molecule has 2 unspecified atom stereocenters. The lowest BCUT2D eigenvalue weighted by atomic mass is 10.6. The SMILES string of the molecule is CC(C)[Si]1(C)O[Si](C)(C)O[Si](C)(C)O[Si](C)(CP(=O)(O)O)O1. The standard InChI is InChI=1S/C10H29O7PSi4/c1-10(2)22(8)16-20(5,6)14-19(3,4)15-21(7,17-22)9-18(11,12)13/h10H,9H2,1-8H3,(H2,11,12,13).